The maximum atomic E-state index is 12.8. The molecule has 0 aromatic carbocycles. The normalized spacial score (nSPS) is 12.1. The van der Waals surface area contributed by atoms with Crippen LogP contribution in [0.4, 0.5) is 0 Å². The van der Waals surface area contributed by atoms with Gasteiger partial charge in [-0.15, -0.1) is 0 Å². The number of ether oxygens (including phenoxy) is 3. The molecule has 6 heteroatoms. The Hall–Kier alpha value is -2.11. The van der Waals surface area contributed by atoms with Gasteiger partial charge >= 0.3 is 17.9 Å². The van der Waals surface area contributed by atoms with Gasteiger partial charge in [-0.05, 0) is 70.6 Å². The van der Waals surface area contributed by atoms with Gasteiger partial charge in [0.15, 0.2) is 6.10 Å². The van der Waals surface area contributed by atoms with Crippen LogP contribution in [0.1, 0.15) is 323 Å². The lowest BCUT2D eigenvalue weighted by Crippen LogP contribution is -2.30. The van der Waals surface area contributed by atoms with Crippen molar-refractivity contribution in [3.05, 3.63) is 24.3 Å². The van der Waals surface area contributed by atoms with E-state index >= 15 is 0 Å². The van der Waals surface area contributed by atoms with Crippen molar-refractivity contribution < 1.29 is 28.6 Å². The molecule has 0 heterocycles. The topological polar surface area (TPSA) is 78.9 Å². The quantitative estimate of drug-likeness (QED) is 0.0262. The Bertz CT molecular complexity index is 1070. The minimum absolute atomic E-state index is 0.0705. The monoisotopic (exact) mass is 929 g/mol. The zero-order chi connectivity index (χ0) is 47.9. The van der Waals surface area contributed by atoms with Gasteiger partial charge in [0.1, 0.15) is 13.2 Å². The number of allylic oxidation sites excluding steroid dienone is 4. The summed E-state index contributed by atoms with van der Waals surface area (Å²) in [7, 11) is 0. The van der Waals surface area contributed by atoms with Gasteiger partial charge in [0.2, 0.25) is 0 Å². The van der Waals surface area contributed by atoms with Crippen LogP contribution >= 0.6 is 0 Å². The smallest absolute Gasteiger partial charge is 0.306 e. The SMILES string of the molecule is CCCCCCC/C=C\CCCCCCCC(=O)OCC(COC(=O)CCCCCCCCCCC/C=C\CCCCCCCC)OC(=O)CCCCCCCCCCCCCCCCC. The zero-order valence-corrected chi connectivity index (χ0v) is 44.5. The van der Waals surface area contributed by atoms with Gasteiger partial charge in [-0.25, -0.2) is 0 Å². The van der Waals surface area contributed by atoms with E-state index in [1.165, 1.54) is 218 Å². The first-order valence-electron chi connectivity index (χ1n) is 29.3. The van der Waals surface area contributed by atoms with Gasteiger partial charge in [0.05, 0.1) is 0 Å². The molecule has 1 unspecified atom stereocenters. The summed E-state index contributed by atoms with van der Waals surface area (Å²) in [5, 5.41) is 0. The third-order valence-corrected chi connectivity index (χ3v) is 13.2. The molecule has 6 nitrogen and oxygen atoms in total. The highest BCUT2D eigenvalue weighted by Gasteiger charge is 2.19. The van der Waals surface area contributed by atoms with E-state index in [4.69, 9.17) is 14.2 Å². The van der Waals surface area contributed by atoms with E-state index in [2.05, 4.69) is 45.1 Å². The Morgan fingerprint density at radius 3 is 0.758 bits per heavy atom. The minimum Gasteiger partial charge on any atom is -0.462 e. The van der Waals surface area contributed by atoms with Crippen molar-refractivity contribution in [2.45, 2.75) is 329 Å². The summed E-state index contributed by atoms with van der Waals surface area (Å²) in [5.41, 5.74) is 0. The Kier molecular flexibility index (Phi) is 53.7. The van der Waals surface area contributed by atoms with Crippen molar-refractivity contribution in [1.82, 2.24) is 0 Å². The molecular weight excluding hydrogens is 817 g/mol. The molecule has 0 rings (SSSR count). The van der Waals surface area contributed by atoms with Crippen molar-refractivity contribution >= 4 is 17.9 Å². The van der Waals surface area contributed by atoms with Crippen molar-refractivity contribution in [2.75, 3.05) is 13.2 Å². The van der Waals surface area contributed by atoms with Gasteiger partial charge in [-0.2, -0.15) is 0 Å². The molecule has 0 aromatic rings. The molecule has 0 radical (unpaired) electrons. The van der Waals surface area contributed by atoms with Crippen LogP contribution in [-0.4, -0.2) is 37.2 Å². The van der Waals surface area contributed by atoms with Crippen LogP contribution in [0.2, 0.25) is 0 Å². The molecule has 0 aliphatic heterocycles. The number of hydrogen-bond acceptors (Lipinski definition) is 6. The van der Waals surface area contributed by atoms with Gasteiger partial charge in [-0.1, -0.05) is 257 Å². The summed E-state index contributed by atoms with van der Waals surface area (Å²) in [6.45, 7) is 6.67. The Morgan fingerprint density at radius 1 is 0.288 bits per heavy atom. The average molecular weight is 930 g/mol. The minimum atomic E-state index is -0.771. The summed E-state index contributed by atoms with van der Waals surface area (Å²) in [6.07, 6.45) is 64.5. The Labute approximate surface area is 411 Å². The van der Waals surface area contributed by atoms with Crippen molar-refractivity contribution in [3.8, 4) is 0 Å². The fourth-order valence-electron chi connectivity index (χ4n) is 8.73. The van der Waals surface area contributed by atoms with E-state index in [0.29, 0.717) is 19.3 Å². The maximum Gasteiger partial charge on any atom is 0.306 e. The van der Waals surface area contributed by atoms with E-state index in [9.17, 15) is 14.4 Å². The molecule has 1 atom stereocenters. The molecule has 0 N–H and O–H groups in total. The van der Waals surface area contributed by atoms with Crippen LogP contribution in [0.25, 0.3) is 0 Å². The molecule has 388 valence electrons. The molecule has 0 saturated carbocycles. The molecule has 66 heavy (non-hydrogen) atoms. The van der Waals surface area contributed by atoms with E-state index in [0.717, 1.165) is 64.2 Å². The summed E-state index contributed by atoms with van der Waals surface area (Å²) in [4.78, 5) is 38.1. The predicted molar refractivity (Wildman–Crippen MR) is 284 cm³/mol. The standard InChI is InChI=1S/C60H112O6/c1-4-7-10-13-16-19-22-25-28-29-30-31-33-35-38-41-44-47-50-53-59(62)65-56-57(55-64-58(61)52-49-46-43-40-37-34-27-24-21-18-15-12-9-6-3)66-60(63)54-51-48-45-42-39-36-32-26-23-20-17-14-11-8-5-2/h24-25,27-28,57H,4-23,26,29-56H2,1-3H3/b27-24-,28-25-. The van der Waals surface area contributed by atoms with Gasteiger partial charge in [-0.3, -0.25) is 14.4 Å². The van der Waals surface area contributed by atoms with Crippen molar-refractivity contribution in [3.63, 3.8) is 0 Å². The van der Waals surface area contributed by atoms with Crippen LogP contribution in [0.15, 0.2) is 24.3 Å². The number of unbranched alkanes of at least 4 members (excludes halogenated alkanes) is 39. The maximum absolute atomic E-state index is 12.8. The second-order valence-electron chi connectivity index (χ2n) is 19.9. The third-order valence-electron chi connectivity index (χ3n) is 13.2. The highest BCUT2D eigenvalue weighted by molar-refractivity contribution is 5.71. The number of carbonyl (C=O) groups is 3. The van der Waals surface area contributed by atoms with Gasteiger partial charge in [0, 0.05) is 19.3 Å². The first-order chi connectivity index (χ1) is 32.5. The van der Waals surface area contributed by atoms with Gasteiger partial charge in [0.25, 0.3) is 0 Å². The zero-order valence-electron chi connectivity index (χ0n) is 44.5. The largest absolute Gasteiger partial charge is 0.462 e. The first-order valence-corrected chi connectivity index (χ1v) is 29.3. The number of esters is 3. The van der Waals surface area contributed by atoms with E-state index in [1.54, 1.807) is 0 Å². The fraction of sp³-hybridized carbons (Fsp3) is 0.883. The molecule has 0 fully saturated rings. The molecule has 0 aliphatic carbocycles. The highest BCUT2D eigenvalue weighted by atomic mass is 16.6. The highest BCUT2D eigenvalue weighted by Crippen LogP contribution is 2.17. The fourth-order valence-corrected chi connectivity index (χ4v) is 8.73. The molecular formula is C60H112O6. The number of rotatable bonds is 54. The summed E-state index contributed by atoms with van der Waals surface area (Å²) in [6, 6.07) is 0. The first kappa shape index (κ1) is 63.9. The number of carbonyl (C=O) groups excluding carboxylic acids is 3. The average Bonchev–Trinajstić information content (AvgIpc) is 3.31. The lowest BCUT2D eigenvalue weighted by molar-refractivity contribution is -0.167. The summed E-state index contributed by atoms with van der Waals surface area (Å²) >= 11 is 0. The molecule has 0 spiro atoms. The van der Waals surface area contributed by atoms with Crippen molar-refractivity contribution in [2.24, 2.45) is 0 Å². The van der Waals surface area contributed by atoms with Crippen LogP contribution in [0.3, 0.4) is 0 Å². The summed E-state index contributed by atoms with van der Waals surface area (Å²) < 4.78 is 16.9. The van der Waals surface area contributed by atoms with Crippen LogP contribution < -0.4 is 0 Å². The molecule has 0 amide bonds. The predicted octanol–water partition coefficient (Wildman–Crippen LogP) is 19.5. The molecule has 0 bridgehead atoms. The molecule has 0 saturated heterocycles. The second kappa shape index (κ2) is 55.5. The van der Waals surface area contributed by atoms with Crippen molar-refractivity contribution in [1.29, 1.82) is 0 Å². The third kappa shape index (κ3) is 52.9. The Balaban J connectivity index is 4.32. The second-order valence-corrected chi connectivity index (χ2v) is 19.9. The van der Waals surface area contributed by atoms with Gasteiger partial charge < -0.3 is 14.2 Å². The Morgan fingerprint density at radius 2 is 0.500 bits per heavy atom. The van der Waals surface area contributed by atoms with E-state index < -0.39 is 6.10 Å². The van der Waals surface area contributed by atoms with E-state index in [-0.39, 0.29) is 31.1 Å². The molecule has 0 aromatic heterocycles. The molecule has 0 aliphatic rings. The lowest BCUT2D eigenvalue weighted by Gasteiger charge is -2.18. The van der Waals surface area contributed by atoms with E-state index in [1.807, 2.05) is 0 Å². The lowest BCUT2D eigenvalue weighted by atomic mass is 10.0. The summed E-state index contributed by atoms with van der Waals surface area (Å²) in [5.74, 6) is -0.860. The van der Waals surface area contributed by atoms with Crippen LogP contribution in [0, 0.1) is 0 Å². The van der Waals surface area contributed by atoms with Crippen LogP contribution in [-0.2, 0) is 28.6 Å². The number of hydrogen-bond donors (Lipinski definition) is 0. The van der Waals surface area contributed by atoms with Crippen LogP contribution in [0.5, 0.6) is 0 Å².